The molecule has 4 heterocycles. The van der Waals surface area contributed by atoms with Crippen molar-refractivity contribution >= 4 is 18.0 Å². The number of carbonyl (C=O) groups is 2. The molecule has 51 heavy (non-hydrogen) atoms. The number of nitriles is 1. The van der Waals surface area contributed by atoms with Crippen LogP contribution in [0.4, 0.5) is 15.4 Å². The minimum atomic E-state index is -0.582. The lowest BCUT2D eigenvalue weighted by Crippen LogP contribution is -2.55. The lowest BCUT2D eigenvalue weighted by Gasteiger charge is -2.41. The normalized spacial score (nSPS) is 21.6. The summed E-state index contributed by atoms with van der Waals surface area (Å²) in [6.07, 6.45) is 3.20. The Kier molecular flexibility index (Phi) is 10.0. The van der Waals surface area contributed by atoms with Gasteiger partial charge in [-0.1, -0.05) is 54.6 Å². The zero-order valence-electron chi connectivity index (χ0n) is 29.8. The number of piperazine rings is 1. The SMILES string of the molecule is CC(C)(C)OC(=O)N1CCC[C@H]1COc1nc2c(c(N3CCN(C(=O)OCc4ccccc4)[C@@H](CC#N)C3)n1)CN(C1CCc3ccccc31)C2. The van der Waals surface area contributed by atoms with Gasteiger partial charge in [-0.2, -0.15) is 15.2 Å². The van der Waals surface area contributed by atoms with Crippen LogP contribution in [0, 0.1) is 11.3 Å². The predicted molar refractivity (Wildman–Crippen MR) is 190 cm³/mol. The highest BCUT2D eigenvalue weighted by Gasteiger charge is 2.39. The van der Waals surface area contributed by atoms with Gasteiger partial charge in [-0.3, -0.25) is 4.90 Å². The molecule has 2 fully saturated rings. The Labute approximate surface area is 299 Å². The summed E-state index contributed by atoms with van der Waals surface area (Å²) >= 11 is 0. The predicted octanol–water partition coefficient (Wildman–Crippen LogP) is 6.00. The fourth-order valence-corrected chi connectivity index (χ4v) is 7.81. The van der Waals surface area contributed by atoms with Crippen molar-refractivity contribution < 1.29 is 23.8 Å². The highest BCUT2D eigenvalue weighted by Crippen LogP contribution is 2.42. The third-order valence-corrected chi connectivity index (χ3v) is 10.3. The second-order valence-corrected chi connectivity index (χ2v) is 14.9. The van der Waals surface area contributed by atoms with Crippen LogP contribution < -0.4 is 9.64 Å². The van der Waals surface area contributed by atoms with Gasteiger partial charge in [-0.15, -0.1) is 0 Å². The van der Waals surface area contributed by atoms with E-state index in [1.54, 1.807) is 9.80 Å². The number of ether oxygens (including phenoxy) is 3. The standard InChI is InChI=1S/C39H47N7O5/c1-39(2,3)51-38(48)45-19-9-13-30(45)26-49-36-41-33-24-44(34-16-15-28-12-7-8-14-31(28)34)23-32(33)35(42-36)43-20-21-46(29(22-43)17-18-40)37(47)50-25-27-10-5-4-6-11-27/h4-8,10-12,14,29-30,34H,9,13,15-17,19-26H2,1-3H3/t29-,30-,34?/m0/s1. The third kappa shape index (κ3) is 7.73. The molecular weight excluding hydrogens is 646 g/mol. The number of benzene rings is 2. The minimum Gasteiger partial charge on any atom is -0.461 e. The zero-order valence-corrected chi connectivity index (χ0v) is 29.8. The molecule has 12 nitrogen and oxygen atoms in total. The Bertz CT molecular complexity index is 1770. The number of aromatic nitrogens is 2. The van der Waals surface area contributed by atoms with Gasteiger partial charge in [0.15, 0.2) is 0 Å². The molecular formula is C39H47N7O5. The van der Waals surface area contributed by atoms with E-state index in [-0.39, 0.29) is 49.9 Å². The van der Waals surface area contributed by atoms with E-state index in [4.69, 9.17) is 24.2 Å². The van der Waals surface area contributed by atoms with Gasteiger partial charge in [0, 0.05) is 50.9 Å². The van der Waals surface area contributed by atoms with Crippen LogP contribution in [-0.2, 0) is 35.6 Å². The first-order valence-corrected chi connectivity index (χ1v) is 18.1. The van der Waals surface area contributed by atoms with E-state index in [1.165, 1.54) is 11.1 Å². The molecule has 3 atom stereocenters. The summed E-state index contributed by atoms with van der Waals surface area (Å²) in [5, 5.41) is 9.78. The summed E-state index contributed by atoms with van der Waals surface area (Å²) in [7, 11) is 0. The second kappa shape index (κ2) is 14.8. The van der Waals surface area contributed by atoms with E-state index < -0.39 is 11.7 Å². The van der Waals surface area contributed by atoms with Gasteiger partial charge in [-0.25, -0.2) is 9.59 Å². The summed E-state index contributed by atoms with van der Waals surface area (Å²) in [6, 6.07) is 20.6. The fourth-order valence-electron chi connectivity index (χ4n) is 7.81. The van der Waals surface area contributed by atoms with Gasteiger partial charge < -0.3 is 28.9 Å². The van der Waals surface area contributed by atoms with Crippen molar-refractivity contribution in [2.75, 3.05) is 37.7 Å². The second-order valence-electron chi connectivity index (χ2n) is 14.9. The molecule has 2 saturated heterocycles. The van der Waals surface area contributed by atoms with E-state index in [0.717, 1.165) is 48.3 Å². The number of carbonyl (C=O) groups excluding carboxylic acids is 2. The van der Waals surface area contributed by atoms with Gasteiger partial charge in [-0.05, 0) is 63.1 Å². The maximum Gasteiger partial charge on any atom is 0.410 e. The molecule has 3 aliphatic heterocycles. The van der Waals surface area contributed by atoms with Crippen LogP contribution in [-0.4, -0.2) is 87.3 Å². The molecule has 0 saturated carbocycles. The summed E-state index contributed by atoms with van der Waals surface area (Å²) in [4.78, 5) is 44.3. The van der Waals surface area contributed by atoms with Crippen molar-refractivity contribution in [2.24, 2.45) is 0 Å². The molecule has 1 aromatic heterocycles. The van der Waals surface area contributed by atoms with Crippen molar-refractivity contribution in [3.05, 3.63) is 82.5 Å². The number of aryl methyl sites for hydroxylation is 1. The Morgan fingerprint density at radius 1 is 0.922 bits per heavy atom. The molecule has 0 spiro atoms. The first-order valence-electron chi connectivity index (χ1n) is 18.1. The minimum absolute atomic E-state index is 0.142. The topological polar surface area (TPSA) is 124 Å². The smallest absolute Gasteiger partial charge is 0.410 e. The van der Waals surface area contributed by atoms with Gasteiger partial charge in [0.25, 0.3) is 0 Å². The van der Waals surface area contributed by atoms with Crippen molar-refractivity contribution in [3.63, 3.8) is 0 Å². The molecule has 2 amide bonds. The third-order valence-electron chi connectivity index (χ3n) is 10.3. The Morgan fingerprint density at radius 2 is 1.71 bits per heavy atom. The molecule has 3 aromatic rings. The lowest BCUT2D eigenvalue weighted by molar-refractivity contribution is 0.0183. The van der Waals surface area contributed by atoms with Crippen LogP contribution in [0.25, 0.3) is 0 Å². The van der Waals surface area contributed by atoms with E-state index >= 15 is 0 Å². The summed E-state index contributed by atoms with van der Waals surface area (Å²) in [5.74, 6) is 0.777. The Morgan fingerprint density at radius 3 is 2.51 bits per heavy atom. The molecule has 0 N–H and O–H groups in total. The maximum absolute atomic E-state index is 13.3. The largest absolute Gasteiger partial charge is 0.461 e. The van der Waals surface area contributed by atoms with Crippen LogP contribution in [0.2, 0.25) is 0 Å². The van der Waals surface area contributed by atoms with Gasteiger partial charge in [0.05, 0.1) is 30.3 Å². The Hall–Kier alpha value is -4.89. The number of amides is 2. The molecule has 0 radical (unpaired) electrons. The van der Waals surface area contributed by atoms with Crippen molar-refractivity contribution in [3.8, 4) is 12.1 Å². The van der Waals surface area contributed by atoms with Gasteiger partial charge in [0.1, 0.15) is 24.6 Å². The summed E-state index contributed by atoms with van der Waals surface area (Å²) in [5.41, 5.74) is 5.08. The first-order chi connectivity index (χ1) is 24.7. The molecule has 0 bridgehead atoms. The highest BCUT2D eigenvalue weighted by atomic mass is 16.6. The summed E-state index contributed by atoms with van der Waals surface area (Å²) < 4.78 is 17.7. The van der Waals surface area contributed by atoms with Crippen LogP contribution >= 0.6 is 0 Å². The maximum atomic E-state index is 13.3. The van der Waals surface area contributed by atoms with E-state index in [2.05, 4.69) is 40.1 Å². The average Bonchev–Trinajstić information content (AvgIpc) is 3.87. The van der Waals surface area contributed by atoms with Gasteiger partial charge >= 0.3 is 18.2 Å². The Balaban J connectivity index is 1.11. The van der Waals surface area contributed by atoms with Crippen LogP contribution in [0.3, 0.4) is 0 Å². The van der Waals surface area contributed by atoms with Gasteiger partial charge in [0.2, 0.25) is 0 Å². The molecule has 1 aliphatic carbocycles. The average molecular weight is 694 g/mol. The number of anilines is 1. The number of rotatable bonds is 8. The highest BCUT2D eigenvalue weighted by molar-refractivity contribution is 5.69. The van der Waals surface area contributed by atoms with E-state index in [1.807, 2.05) is 51.1 Å². The van der Waals surface area contributed by atoms with E-state index in [9.17, 15) is 14.9 Å². The van der Waals surface area contributed by atoms with Crippen LogP contribution in [0.15, 0.2) is 54.6 Å². The zero-order chi connectivity index (χ0) is 35.5. The number of hydrogen-bond acceptors (Lipinski definition) is 10. The van der Waals surface area contributed by atoms with Crippen molar-refractivity contribution in [2.45, 2.75) is 96.3 Å². The molecule has 12 heteroatoms. The fraction of sp³-hybridized carbons (Fsp3) is 0.513. The summed E-state index contributed by atoms with van der Waals surface area (Å²) in [6.45, 7) is 9.36. The molecule has 1 unspecified atom stereocenters. The lowest BCUT2D eigenvalue weighted by atomic mass is 10.1. The van der Waals surface area contributed by atoms with Crippen molar-refractivity contribution in [1.29, 1.82) is 5.26 Å². The quantitative estimate of drug-likeness (QED) is 0.278. The molecule has 2 aromatic carbocycles. The first kappa shape index (κ1) is 34.6. The monoisotopic (exact) mass is 693 g/mol. The van der Waals surface area contributed by atoms with Crippen LogP contribution in [0.5, 0.6) is 6.01 Å². The van der Waals surface area contributed by atoms with Crippen molar-refractivity contribution in [1.82, 2.24) is 24.7 Å². The molecule has 7 rings (SSSR count). The van der Waals surface area contributed by atoms with E-state index in [0.29, 0.717) is 39.3 Å². The molecule has 268 valence electrons. The van der Waals surface area contributed by atoms with Crippen LogP contribution in [0.1, 0.15) is 80.4 Å². The number of likely N-dealkylation sites (tertiary alicyclic amines) is 1. The number of nitrogens with zero attached hydrogens (tertiary/aromatic N) is 7. The molecule has 4 aliphatic rings. The number of fused-ring (bicyclic) bond motifs is 2. The number of hydrogen-bond donors (Lipinski definition) is 0.